The van der Waals surface area contributed by atoms with Gasteiger partial charge in [-0.15, -0.1) is 0 Å². The summed E-state index contributed by atoms with van der Waals surface area (Å²) in [5.41, 5.74) is 0. The number of hydrogen-bond acceptors (Lipinski definition) is 19. The first-order valence-electron chi connectivity index (χ1n) is 11.3. The minimum atomic E-state index is -5.46. The Morgan fingerprint density at radius 2 is 0.684 bits per heavy atom. The second-order valence-electron chi connectivity index (χ2n) is 8.86. The molecule has 12 N–H and O–H groups in total. The largest absolute Gasteiger partial charge is 0.482 e. The van der Waals surface area contributed by atoms with Gasteiger partial charge in [0.05, 0.1) is 19.8 Å². The number of hydrogen-bond donors (Lipinski definition) is 12. The van der Waals surface area contributed by atoms with E-state index in [2.05, 4.69) is 0 Å². The lowest BCUT2D eigenvalue weighted by Gasteiger charge is -2.44. The summed E-state index contributed by atoms with van der Waals surface area (Å²) in [6.07, 6.45) is -29.5. The Labute approximate surface area is 214 Å². The maximum absolute atomic E-state index is 13.7. The van der Waals surface area contributed by atoms with Crippen molar-refractivity contribution in [3.63, 3.8) is 0 Å². The molecule has 0 spiro atoms. The van der Waals surface area contributed by atoms with Gasteiger partial charge in [-0.25, -0.2) is 4.57 Å². The smallest absolute Gasteiger partial charge is 0.394 e. The van der Waals surface area contributed by atoms with E-state index in [1.54, 1.807) is 0 Å². The molecular formula is C18H33O19P. The lowest BCUT2D eigenvalue weighted by Crippen LogP contribution is -2.60. The van der Waals surface area contributed by atoms with Crippen molar-refractivity contribution in [1.82, 2.24) is 0 Å². The Kier molecular flexibility index (Phi) is 11.0. The highest BCUT2D eigenvalue weighted by Gasteiger charge is 2.54. The highest BCUT2D eigenvalue weighted by Crippen LogP contribution is 2.56. The lowest BCUT2D eigenvalue weighted by molar-refractivity contribution is -0.311. The van der Waals surface area contributed by atoms with Crippen molar-refractivity contribution in [3.8, 4) is 0 Å². The van der Waals surface area contributed by atoms with Crippen molar-refractivity contribution in [1.29, 1.82) is 0 Å². The predicted octanol–water partition coefficient (Wildman–Crippen LogP) is -7.46. The first-order chi connectivity index (χ1) is 17.8. The van der Waals surface area contributed by atoms with E-state index in [-0.39, 0.29) is 0 Å². The van der Waals surface area contributed by atoms with Gasteiger partial charge in [0.25, 0.3) is 0 Å². The molecule has 0 unspecified atom stereocenters. The zero-order chi connectivity index (χ0) is 28.5. The standard InChI is InChI=1S/C18H33O19P/c19-1-4-7(22)10(25)13(28)16(32-4)35-38(31,36-17-14(29)11(26)8(23)5(2-20)33-17)37-18-15(30)12(27)9(24)6(3-21)34-18/h4-30H,1-3H2/t4-,5-,6-,7+,8+,9+,10+,11+,12+,13+,14+,15+,16-,17-,18-/m1/s1. The molecule has 19 nitrogen and oxygen atoms in total. The van der Waals surface area contributed by atoms with E-state index in [4.69, 9.17) is 27.8 Å². The minimum Gasteiger partial charge on any atom is -0.394 e. The summed E-state index contributed by atoms with van der Waals surface area (Å²) in [4.78, 5) is 0. The van der Waals surface area contributed by atoms with E-state index in [9.17, 15) is 65.8 Å². The Balaban J connectivity index is 1.91. The average Bonchev–Trinajstić information content (AvgIpc) is 2.89. The molecule has 3 saturated heterocycles. The molecule has 0 amide bonds. The number of phosphoric acid groups is 1. The summed E-state index contributed by atoms with van der Waals surface area (Å²) in [6, 6.07) is 0. The van der Waals surface area contributed by atoms with Crippen molar-refractivity contribution < 1.29 is 93.6 Å². The van der Waals surface area contributed by atoms with Crippen LogP contribution in [-0.4, -0.2) is 173 Å². The summed E-state index contributed by atoms with van der Waals surface area (Å²) < 4.78 is 44.2. The fraction of sp³-hybridized carbons (Fsp3) is 1.00. The van der Waals surface area contributed by atoms with E-state index >= 15 is 0 Å². The molecule has 3 rings (SSSR count). The normalized spacial score (nSPS) is 48.7. The molecule has 3 aliphatic heterocycles. The van der Waals surface area contributed by atoms with Gasteiger partial charge in [-0.1, -0.05) is 0 Å². The van der Waals surface area contributed by atoms with Crippen molar-refractivity contribution in [3.05, 3.63) is 0 Å². The zero-order valence-electron chi connectivity index (χ0n) is 19.5. The van der Waals surface area contributed by atoms with E-state index < -0.39 is 120 Å². The third kappa shape index (κ3) is 6.52. The first kappa shape index (κ1) is 32.0. The van der Waals surface area contributed by atoms with Crippen molar-refractivity contribution >= 4 is 7.82 Å². The van der Waals surface area contributed by atoms with Gasteiger partial charge in [0.15, 0.2) is 18.9 Å². The molecule has 20 heteroatoms. The Hall–Kier alpha value is -0.490. The molecule has 224 valence electrons. The van der Waals surface area contributed by atoms with Crippen LogP contribution in [0.5, 0.6) is 0 Å². The summed E-state index contributed by atoms with van der Waals surface area (Å²) in [5.74, 6) is 0. The topological polar surface area (TPSA) is 315 Å². The van der Waals surface area contributed by atoms with Gasteiger partial charge in [-0.05, 0) is 0 Å². The summed E-state index contributed by atoms with van der Waals surface area (Å²) in [5, 5.41) is 119. The highest BCUT2D eigenvalue weighted by atomic mass is 31.2. The molecule has 0 aromatic rings. The molecule has 0 aromatic carbocycles. The quantitative estimate of drug-likeness (QED) is 0.112. The van der Waals surface area contributed by atoms with Gasteiger partial charge in [-0.2, -0.15) is 0 Å². The molecule has 0 bridgehead atoms. The van der Waals surface area contributed by atoms with Crippen molar-refractivity contribution in [2.75, 3.05) is 19.8 Å². The van der Waals surface area contributed by atoms with Crippen LogP contribution in [0.3, 0.4) is 0 Å². The molecule has 0 aromatic heterocycles. The van der Waals surface area contributed by atoms with Crippen LogP contribution in [0.15, 0.2) is 0 Å². The number of rotatable bonds is 9. The first-order valence-corrected chi connectivity index (χ1v) is 12.8. The maximum Gasteiger partial charge on any atom is 0.482 e. The molecule has 3 aliphatic rings. The van der Waals surface area contributed by atoms with E-state index in [1.165, 1.54) is 0 Å². The second kappa shape index (κ2) is 13.0. The van der Waals surface area contributed by atoms with Crippen LogP contribution >= 0.6 is 7.82 Å². The monoisotopic (exact) mass is 584 g/mol. The Morgan fingerprint density at radius 3 is 0.895 bits per heavy atom. The lowest BCUT2D eigenvalue weighted by atomic mass is 9.99. The summed E-state index contributed by atoms with van der Waals surface area (Å²) in [7, 11) is -5.46. The van der Waals surface area contributed by atoms with Crippen LogP contribution in [0.1, 0.15) is 0 Å². The van der Waals surface area contributed by atoms with Crippen LogP contribution in [0.4, 0.5) is 0 Å². The molecule has 38 heavy (non-hydrogen) atoms. The van der Waals surface area contributed by atoms with Gasteiger partial charge in [-0.3, -0.25) is 13.6 Å². The number of aliphatic hydroxyl groups excluding tert-OH is 12. The SMILES string of the molecule is O=P(O[C@H]1O[C@H](CO)[C@H](O)[C@H](O)[C@@H]1O)(O[C@H]1O[C@H](CO)[C@H](O)[C@H](O)[C@@H]1O)O[C@H]1O[C@H](CO)[C@H](O)[C@H](O)[C@@H]1O. The average molecular weight is 584 g/mol. The number of aliphatic hydroxyl groups is 12. The van der Waals surface area contributed by atoms with Gasteiger partial charge in [0.1, 0.15) is 73.2 Å². The van der Waals surface area contributed by atoms with Gasteiger partial charge >= 0.3 is 7.82 Å². The van der Waals surface area contributed by atoms with E-state index in [1.807, 2.05) is 0 Å². The second-order valence-corrected chi connectivity index (χ2v) is 10.4. The van der Waals surface area contributed by atoms with E-state index in [0.717, 1.165) is 0 Å². The predicted molar refractivity (Wildman–Crippen MR) is 112 cm³/mol. The van der Waals surface area contributed by atoms with Gasteiger partial charge in [0, 0.05) is 0 Å². The highest BCUT2D eigenvalue weighted by molar-refractivity contribution is 7.48. The Bertz CT molecular complexity index is 700. The van der Waals surface area contributed by atoms with Crippen LogP contribution in [0, 0.1) is 0 Å². The zero-order valence-corrected chi connectivity index (χ0v) is 20.3. The molecule has 0 radical (unpaired) electrons. The van der Waals surface area contributed by atoms with Crippen molar-refractivity contribution in [2.24, 2.45) is 0 Å². The fourth-order valence-corrected chi connectivity index (χ4v) is 5.36. The Morgan fingerprint density at radius 1 is 0.447 bits per heavy atom. The fourth-order valence-electron chi connectivity index (χ4n) is 3.92. The van der Waals surface area contributed by atoms with Crippen LogP contribution in [0.25, 0.3) is 0 Å². The molecular weight excluding hydrogens is 551 g/mol. The molecule has 0 aliphatic carbocycles. The van der Waals surface area contributed by atoms with Gasteiger partial charge < -0.3 is 75.5 Å². The van der Waals surface area contributed by atoms with Crippen LogP contribution < -0.4 is 0 Å². The molecule has 15 atom stereocenters. The third-order valence-electron chi connectivity index (χ3n) is 6.24. The number of ether oxygens (including phenoxy) is 3. The molecule has 3 fully saturated rings. The molecule has 3 heterocycles. The van der Waals surface area contributed by atoms with Crippen LogP contribution in [-0.2, 0) is 32.3 Å². The number of phosphoric ester groups is 1. The van der Waals surface area contributed by atoms with Gasteiger partial charge in [0.2, 0.25) is 0 Å². The summed E-state index contributed by atoms with van der Waals surface area (Å²) in [6.45, 7) is -2.76. The summed E-state index contributed by atoms with van der Waals surface area (Å²) >= 11 is 0. The maximum atomic E-state index is 13.7. The van der Waals surface area contributed by atoms with Crippen molar-refractivity contribution in [2.45, 2.75) is 92.1 Å². The third-order valence-corrected chi connectivity index (χ3v) is 7.64. The van der Waals surface area contributed by atoms with Crippen LogP contribution in [0.2, 0.25) is 0 Å². The van der Waals surface area contributed by atoms with E-state index in [0.29, 0.717) is 0 Å². The molecule has 0 saturated carbocycles. The minimum absolute atomic E-state index is 0.920.